The van der Waals surface area contributed by atoms with Gasteiger partial charge in [0.05, 0.1) is 6.54 Å². The number of aromatic nitrogens is 1. The van der Waals surface area contributed by atoms with Crippen molar-refractivity contribution in [3.05, 3.63) is 71.4 Å². The predicted molar refractivity (Wildman–Crippen MR) is 123 cm³/mol. The number of nitrogens with one attached hydrogen (secondary N) is 1. The number of para-hydroxylation sites is 1. The molecule has 2 saturated heterocycles. The number of hydrogen-bond donors (Lipinski definition) is 1. The molecule has 6 heteroatoms. The van der Waals surface area contributed by atoms with E-state index in [1.54, 1.807) is 4.90 Å². The van der Waals surface area contributed by atoms with Crippen LogP contribution in [0.4, 0.5) is 0 Å². The molecule has 3 aromatic rings. The van der Waals surface area contributed by atoms with Crippen LogP contribution in [0.25, 0.3) is 10.9 Å². The van der Waals surface area contributed by atoms with Crippen molar-refractivity contribution < 1.29 is 9.59 Å². The molecule has 2 fully saturated rings. The van der Waals surface area contributed by atoms with Crippen molar-refractivity contribution in [1.82, 2.24) is 19.7 Å². The first-order chi connectivity index (χ1) is 15.7. The maximum Gasteiger partial charge on any atom is 0.246 e. The molecule has 32 heavy (non-hydrogen) atoms. The van der Waals surface area contributed by atoms with E-state index in [-0.39, 0.29) is 30.4 Å². The van der Waals surface area contributed by atoms with Gasteiger partial charge in [-0.05, 0) is 30.0 Å². The second-order valence-electron chi connectivity index (χ2n) is 9.33. The van der Waals surface area contributed by atoms with Gasteiger partial charge in [-0.15, -0.1) is 0 Å². The number of piperazine rings is 1. The van der Waals surface area contributed by atoms with Gasteiger partial charge in [-0.25, -0.2) is 0 Å². The quantitative estimate of drug-likeness (QED) is 0.698. The summed E-state index contributed by atoms with van der Waals surface area (Å²) >= 11 is 0. The Morgan fingerprint density at radius 2 is 1.62 bits per heavy atom. The molecule has 0 unspecified atom stereocenters. The van der Waals surface area contributed by atoms with Gasteiger partial charge in [0.15, 0.2) is 0 Å². The summed E-state index contributed by atoms with van der Waals surface area (Å²) in [5.74, 6) is 0.202. The van der Waals surface area contributed by atoms with Gasteiger partial charge in [0.25, 0.3) is 0 Å². The van der Waals surface area contributed by atoms with Crippen molar-refractivity contribution in [1.29, 1.82) is 0 Å². The van der Waals surface area contributed by atoms with Crippen LogP contribution in [0.1, 0.15) is 29.7 Å². The average Bonchev–Trinajstić information content (AvgIpc) is 3.19. The van der Waals surface area contributed by atoms with Crippen LogP contribution in [-0.2, 0) is 29.1 Å². The zero-order valence-electron chi connectivity index (χ0n) is 18.2. The van der Waals surface area contributed by atoms with E-state index in [0.717, 1.165) is 43.7 Å². The van der Waals surface area contributed by atoms with Gasteiger partial charge in [-0.2, -0.15) is 0 Å². The smallest absolute Gasteiger partial charge is 0.246 e. The number of carbonyl (C=O) groups is 2. The first kappa shape index (κ1) is 19.6. The van der Waals surface area contributed by atoms with Crippen molar-refractivity contribution in [3.8, 4) is 0 Å². The highest BCUT2D eigenvalue weighted by Gasteiger charge is 2.45. The van der Waals surface area contributed by atoms with Crippen molar-refractivity contribution in [3.63, 3.8) is 0 Å². The van der Waals surface area contributed by atoms with Gasteiger partial charge in [0.1, 0.15) is 12.6 Å². The lowest BCUT2D eigenvalue weighted by molar-refractivity contribution is -0.160. The molecular formula is C26H28N4O2. The van der Waals surface area contributed by atoms with Gasteiger partial charge in [0.2, 0.25) is 11.8 Å². The molecule has 0 radical (unpaired) electrons. The highest BCUT2D eigenvalue weighted by Crippen LogP contribution is 2.33. The molecule has 0 bridgehead atoms. The first-order valence-electron chi connectivity index (χ1n) is 11.6. The molecule has 164 valence electrons. The van der Waals surface area contributed by atoms with Gasteiger partial charge in [0, 0.05) is 48.7 Å². The Labute approximate surface area is 187 Å². The van der Waals surface area contributed by atoms with Crippen molar-refractivity contribution in [2.24, 2.45) is 0 Å². The summed E-state index contributed by atoms with van der Waals surface area (Å²) in [6.45, 7) is 3.58. The Bertz CT molecular complexity index is 1160. The number of hydrogen-bond acceptors (Lipinski definition) is 3. The van der Waals surface area contributed by atoms with Crippen molar-refractivity contribution >= 4 is 22.7 Å². The number of rotatable bonds is 3. The largest absolute Gasteiger partial charge is 0.357 e. The molecule has 0 aliphatic carbocycles. The molecule has 4 heterocycles. The molecule has 2 amide bonds. The van der Waals surface area contributed by atoms with E-state index in [1.807, 2.05) is 23.1 Å². The normalized spacial score (nSPS) is 22.3. The maximum absolute atomic E-state index is 13.6. The third kappa shape index (κ3) is 3.30. The number of piperidine rings is 1. The maximum atomic E-state index is 13.6. The number of likely N-dealkylation sites (tertiary alicyclic amines) is 1. The van der Waals surface area contributed by atoms with Crippen LogP contribution in [0.15, 0.2) is 54.6 Å². The molecule has 0 saturated carbocycles. The van der Waals surface area contributed by atoms with Crippen LogP contribution in [0.5, 0.6) is 0 Å². The SMILES string of the molecule is O=C1[C@@H]2Cc3c([nH]c4ccccc34)CN2C(=O)CN1C1CCN(Cc2ccccc2)CC1. The lowest BCUT2D eigenvalue weighted by atomic mass is 9.92. The van der Waals surface area contributed by atoms with Crippen LogP contribution >= 0.6 is 0 Å². The van der Waals surface area contributed by atoms with Crippen LogP contribution in [0.3, 0.4) is 0 Å². The van der Waals surface area contributed by atoms with Gasteiger partial charge < -0.3 is 14.8 Å². The fourth-order valence-electron chi connectivity index (χ4n) is 5.74. The summed E-state index contributed by atoms with van der Waals surface area (Å²) in [5.41, 5.74) is 4.68. The van der Waals surface area contributed by atoms with Gasteiger partial charge >= 0.3 is 0 Å². The molecule has 1 atom stereocenters. The lowest BCUT2D eigenvalue weighted by Gasteiger charge is -2.47. The zero-order valence-corrected chi connectivity index (χ0v) is 18.2. The standard InChI is InChI=1S/C26H28N4O2/c31-25-17-29(19-10-12-28(13-11-19)15-18-6-2-1-3-7-18)26(32)24-14-21-20-8-4-5-9-22(20)27-23(21)16-30(24)25/h1-9,19,24,27H,10-17H2/t24-/m0/s1. The number of fused-ring (bicyclic) bond motifs is 4. The van der Waals surface area contributed by atoms with E-state index in [0.29, 0.717) is 13.0 Å². The highest BCUT2D eigenvalue weighted by atomic mass is 16.2. The second-order valence-corrected chi connectivity index (χ2v) is 9.33. The minimum Gasteiger partial charge on any atom is -0.357 e. The molecule has 1 aromatic heterocycles. The molecule has 0 spiro atoms. The molecule has 2 aromatic carbocycles. The van der Waals surface area contributed by atoms with Crippen LogP contribution in [0.2, 0.25) is 0 Å². The van der Waals surface area contributed by atoms with Crippen molar-refractivity contribution in [2.45, 2.75) is 44.4 Å². The van der Waals surface area contributed by atoms with Gasteiger partial charge in [-0.3, -0.25) is 14.5 Å². The summed E-state index contributed by atoms with van der Waals surface area (Å²) in [6, 6.07) is 18.5. The molecule has 6 nitrogen and oxygen atoms in total. The Kier molecular flexibility index (Phi) is 4.76. The Morgan fingerprint density at radius 1 is 0.875 bits per heavy atom. The molecule has 1 N–H and O–H groups in total. The lowest BCUT2D eigenvalue weighted by Crippen LogP contribution is -2.64. The number of amides is 2. The second kappa shape index (κ2) is 7.78. The average molecular weight is 429 g/mol. The molecule has 3 aliphatic rings. The van der Waals surface area contributed by atoms with E-state index in [4.69, 9.17) is 0 Å². The topological polar surface area (TPSA) is 59.7 Å². The van der Waals surface area contributed by atoms with E-state index in [1.165, 1.54) is 16.5 Å². The third-order valence-electron chi connectivity index (χ3n) is 7.45. The highest BCUT2D eigenvalue weighted by molar-refractivity contribution is 5.97. The van der Waals surface area contributed by atoms with Crippen LogP contribution in [0, 0.1) is 0 Å². The molecule has 3 aliphatic heterocycles. The minimum atomic E-state index is -0.370. The summed E-state index contributed by atoms with van der Waals surface area (Å²) < 4.78 is 0. The predicted octanol–water partition coefficient (Wildman–Crippen LogP) is 2.93. The monoisotopic (exact) mass is 428 g/mol. The van der Waals surface area contributed by atoms with Crippen molar-refractivity contribution in [2.75, 3.05) is 19.6 Å². The molecular weight excluding hydrogens is 400 g/mol. The fourth-order valence-corrected chi connectivity index (χ4v) is 5.74. The number of H-pyrrole nitrogens is 1. The first-order valence-corrected chi connectivity index (χ1v) is 11.6. The van der Waals surface area contributed by atoms with E-state index < -0.39 is 0 Å². The number of nitrogens with zero attached hydrogens (tertiary/aromatic N) is 3. The summed E-state index contributed by atoms with van der Waals surface area (Å²) in [5, 5.41) is 1.17. The summed E-state index contributed by atoms with van der Waals surface area (Å²) in [4.78, 5) is 36.2. The minimum absolute atomic E-state index is 0.0746. The number of aromatic amines is 1. The number of benzene rings is 2. The van der Waals surface area contributed by atoms with E-state index >= 15 is 0 Å². The van der Waals surface area contributed by atoms with E-state index in [2.05, 4.69) is 46.3 Å². The van der Waals surface area contributed by atoms with Crippen LogP contribution < -0.4 is 0 Å². The third-order valence-corrected chi connectivity index (χ3v) is 7.45. The van der Waals surface area contributed by atoms with Gasteiger partial charge in [-0.1, -0.05) is 48.5 Å². The Hall–Kier alpha value is -3.12. The van der Waals surface area contributed by atoms with Crippen LogP contribution in [-0.4, -0.2) is 63.2 Å². The molecule has 6 rings (SSSR count). The Balaban J connectivity index is 1.17. The summed E-state index contributed by atoms with van der Waals surface area (Å²) in [7, 11) is 0. The number of carbonyl (C=O) groups excluding carboxylic acids is 2. The Morgan fingerprint density at radius 3 is 2.44 bits per heavy atom. The fraction of sp³-hybridized carbons (Fsp3) is 0.385. The summed E-state index contributed by atoms with van der Waals surface area (Å²) in [6.07, 6.45) is 2.46. The zero-order chi connectivity index (χ0) is 21.7. The van der Waals surface area contributed by atoms with E-state index in [9.17, 15) is 9.59 Å².